The van der Waals surface area contributed by atoms with E-state index < -0.39 is 10.8 Å². The van der Waals surface area contributed by atoms with Crippen molar-refractivity contribution in [3.05, 3.63) is 68.5 Å². The molecule has 0 radical (unpaired) electrons. The van der Waals surface area contributed by atoms with Crippen LogP contribution in [0.1, 0.15) is 9.67 Å². The number of hydrogen-bond donors (Lipinski definition) is 2. The Labute approximate surface area is 161 Å². The molecule has 0 bridgehead atoms. The van der Waals surface area contributed by atoms with Crippen molar-refractivity contribution in [2.24, 2.45) is 0 Å². The second-order valence-electron chi connectivity index (χ2n) is 5.53. The standard InChI is InChI=1S/C17H10ClN5O3S/c18-12-4-2-1-3-11(12)15-19-17(22-21-15)20-16(24)14-8-9-7-10(23(25)26)5-6-13(9)27-14/h1-8H,(H2,19,20,21,22,24). The highest BCUT2D eigenvalue weighted by molar-refractivity contribution is 7.20. The molecular formula is C17H10ClN5O3S. The maximum absolute atomic E-state index is 12.5. The van der Waals surface area contributed by atoms with Gasteiger partial charge in [-0.05, 0) is 24.3 Å². The van der Waals surface area contributed by atoms with Crippen molar-refractivity contribution < 1.29 is 9.72 Å². The van der Waals surface area contributed by atoms with Crippen LogP contribution in [0.15, 0.2) is 48.5 Å². The average Bonchev–Trinajstić information content (AvgIpc) is 3.28. The number of non-ortho nitro benzene ring substituents is 1. The summed E-state index contributed by atoms with van der Waals surface area (Å²) in [6.07, 6.45) is 0. The minimum atomic E-state index is -0.471. The topological polar surface area (TPSA) is 114 Å². The lowest BCUT2D eigenvalue weighted by Gasteiger charge is -1.98. The lowest BCUT2D eigenvalue weighted by molar-refractivity contribution is -0.384. The molecule has 0 saturated heterocycles. The molecule has 1 amide bonds. The van der Waals surface area contributed by atoms with Gasteiger partial charge in [-0.15, -0.1) is 16.4 Å². The number of fused-ring (bicyclic) bond motifs is 1. The van der Waals surface area contributed by atoms with Crippen molar-refractivity contribution in [2.45, 2.75) is 0 Å². The molecule has 4 aromatic rings. The summed E-state index contributed by atoms with van der Waals surface area (Å²) in [5.41, 5.74) is 0.645. The molecule has 2 N–H and O–H groups in total. The summed E-state index contributed by atoms with van der Waals surface area (Å²) in [6.45, 7) is 0. The van der Waals surface area contributed by atoms with Gasteiger partial charge in [0, 0.05) is 27.8 Å². The van der Waals surface area contributed by atoms with E-state index in [1.54, 1.807) is 30.3 Å². The molecule has 0 aliphatic heterocycles. The zero-order chi connectivity index (χ0) is 19.0. The van der Waals surface area contributed by atoms with Crippen LogP contribution in [0.4, 0.5) is 11.6 Å². The lowest BCUT2D eigenvalue weighted by atomic mass is 10.2. The van der Waals surface area contributed by atoms with Crippen LogP contribution >= 0.6 is 22.9 Å². The first-order chi connectivity index (χ1) is 13.0. The number of rotatable bonds is 4. The molecule has 10 heteroatoms. The summed E-state index contributed by atoms with van der Waals surface area (Å²) in [6, 6.07) is 13.2. The van der Waals surface area contributed by atoms with Crippen LogP contribution in [0, 0.1) is 10.1 Å². The Morgan fingerprint density at radius 3 is 2.81 bits per heavy atom. The van der Waals surface area contributed by atoms with Crippen molar-refractivity contribution in [1.29, 1.82) is 0 Å². The Morgan fingerprint density at radius 2 is 2.04 bits per heavy atom. The Balaban J connectivity index is 1.57. The number of nitro groups is 1. The number of amides is 1. The van der Waals surface area contributed by atoms with E-state index in [9.17, 15) is 14.9 Å². The molecule has 2 aromatic heterocycles. The molecule has 27 heavy (non-hydrogen) atoms. The van der Waals surface area contributed by atoms with E-state index in [0.717, 1.165) is 4.70 Å². The van der Waals surface area contributed by atoms with Crippen molar-refractivity contribution in [1.82, 2.24) is 15.2 Å². The number of aromatic nitrogens is 3. The van der Waals surface area contributed by atoms with Crippen LogP contribution in [0.5, 0.6) is 0 Å². The number of halogens is 1. The van der Waals surface area contributed by atoms with Crippen LogP contribution in [-0.2, 0) is 0 Å². The van der Waals surface area contributed by atoms with E-state index in [-0.39, 0.29) is 11.6 Å². The first-order valence-corrected chi connectivity index (χ1v) is 8.87. The van der Waals surface area contributed by atoms with Crippen LogP contribution in [0.2, 0.25) is 5.02 Å². The molecule has 0 aliphatic carbocycles. The number of thiophene rings is 1. The predicted octanol–water partition coefficient (Wildman–Crippen LogP) is 4.50. The van der Waals surface area contributed by atoms with E-state index in [2.05, 4.69) is 20.5 Å². The highest BCUT2D eigenvalue weighted by atomic mass is 35.5. The van der Waals surface area contributed by atoms with Gasteiger partial charge in [0.15, 0.2) is 5.82 Å². The largest absolute Gasteiger partial charge is 0.288 e. The monoisotopic (exact) mass is 399 g/mol. The second kappa shape index (κ2) is 6.78. The number of nitrogens with one attached hydrogen (secondary N) is 2. The average molecular weight is 400 g/mol. The molecule has 0 fully saturated rings. The Bertz CT molecular complexity index is 1190. The summed E-state index contributed by atoms with van der Waals surface area (Å²) >= 11 is 7.36. The summed E-state index contributed by atoms with van der Waals surface area (Å²) in [5.74, 6) is 0.143. The van der Waals surface area contributed by atoms with Crippen molar-refractivity contribution >= 4 is 50.6 Å². The number of nitro benzene ring substituents is 1. The molecule has 0 aliphatic rings. The summed E-state index contributed by atoms with van der Waals surface area (Å²) in [4.78, 5) is 27.5. The zero-order valence-electron chi connectivity index (χ0n) is 13.5. The van der Waals surface area contributed by atoms with Gasteiger partial charge in [-0.25, -0.2) is 0 Å². The maximum atomic E-state index is 12.5. The maximum Gasteiger partial charge on any atom is 0.270 e. The third-order valence-electron chi connectivity index (χ3n) is 3.77. The summed E-state index contributed by atoms with van der Waals surface area (Å²) < 4.78 is 0.775. The van der Waals surface area contributed by atoms with Gasteiger partial charge in [-0.2, -0.15) is 4.98 Å². The van der Waals surface area contributed by atoms with Gasteiger partial charge in [-0.1, -0.05) is 23.7 Å². The van der Waals surface area contributed by atoms with Gasteiger partial charge < -0.3 is 0 Å². The van der Waals surface area contributed by atoms with E-state index >= 15 is 0 Å². The van der Waals surface area contributed by atoms with Gasteiger partial charge in [0.1, 0.15) is 0 Å². The normalized spacial score (nSPS) is 10.9. The molecule has 0 spiro atoms. The minimum Gasteiger partial charge on any atom is -0.288 e. The predicted molar refractivity (Wildman–Crippen MR) is 103 cm³/mol. The number of carbonyl (C=O) groups excluding carboxylic acids is 1. The fraction of sp³-hybridized carbons (Fsp3) is 0. The molecule has 0 unspecified atom stereocenters. The number of aromatic amines is 1. The second-order valence-corrected chi connectivity index (χ2v) is 7.02. The first kappa shape index (κ1) is 17.1. The number of benzene rings is 2. The highest BCUT2D eigenvalue weighted by Crippen LogP contribution is 2.29. The molecule has 4 rings (SSSR count). The molecule has 8 nitrogen and oxygen atoms in total. The van der Waals surface area contributed by atoms with Crippen LogP contribution in [0.25, 0.3) is 21.5 Å². The van der Waals surface area contributed by atoms with E-state index in [1.165, 1.54) is 23.5 Å². The molecule has 0 saturated carbocycles. The third kappa shape index (κ3) is 3.37. The van der Waals surface area contributed by atoms with Gasteiger partial charge in [0.25, 0.3) is 11.6 Å². The molecular weight excluding hydrogens is 390 g/mol. The van der Waals surface area contributed by atoms with Crippen LogP contribution in [0.3, 0.4) is 0 Å². The zero-order valence-corrected chi connectivity index (χ0v) is 15.0. The molecule has 0 atom stereocenters. The van der Waals surface area contributed by atoms with Crippen LogP contribution in [-0.4, -0.2) is 26.0 Å². The number of H-pyrrole nitrogens is 1. The Kier molecular flexibility index (Phi) is 4.30. The van der Waals surface area contributed by atoms with Gasteiger partial charge in [-0.3, -0.25) is 25.3 Å². The fourth-order valence-electron chi connectivity index (χ4n) is 2.51. The Hall–Kier alpha value is -3.30. The number of anilines is 1. The summed E-state index contributed by atoms with van der Waals surface area (Å²) in [5, 5.41) is 21.3. The van der Waals surface area contributed by atoms with Crippen molar-refractivity contribution in [3.8, 4) is 11.4 Å². The number of hydrogen-bond acceptors (Lipinski definition) is 6. The van der Waals surface area contributed by atoms with Crippen molar-refractivity contribution in [3.63, 3.8) is 0 Å². The third-order valence-corrected chi connectivity index (χ3v) is 5.22. The van der Waals surface area contributed by atoms with Crippen molar-refractivity contribution in [2.75, 3.05) is 5.32 Å². The SMILES string of the molecule is O=C(Nc1n[nH]c(-c2ccccc2Cl)n1)c1cc2cc([N+](=O)[O-])ccc2s1. The van der Waals surface area contributed by atoms with Gasteiger partial charge >= 0.3 is 0 Å². The van der Waals surface area contributed by atoms with E-state index in [4.69, 9.17) is 11.6 Å². The van der Waals surface area contributed by atoms with Gasteiger partial charge in [0.2, 0.25) is 5.95 Å². The Morgan fingerprint density at radius 1 is 1.22 bits per heavy atom. The quantitative estimate of drug-likeness (QED) is 0.387. The smallest absolute Gasteiger partial charge is 0.270 e. The fourth-order valence-corrected chi connectivity index (χ4v) is 3.67. The molecule has 2 heterocycles. The van der Waals surface area contributed by atoms with E-state index in [0.29, 0.717) is 26.7 Å². The van der Waals surface area contributed by atoms with E-state index in [1.807, 2.05) is 6.07 Å². The molecule has 2 aromatic carbocycles. The minimum absolute atomic E-state index is 0.0226. The highest BCUT2D eigenvalue weighted by Gasteiger charge is 2.16. The number of nitrogens with zero attached hydrogens (tertiary/aromatic N) is 3. The lowest BCUT2D eigenvalue weighted by Crippen LogP contribution is -2.11. The van der Waals surface area contributed by atoms with Gasteiger partial charge in [0.05, 0.1) is 14.8 Å². The number of carbonyl (C=O) groups is 1. The summed E-state index contributed by atoms with van der Waals surface area (Å²) in [7, 11) is 0. The first-order valence-electron chi connectivity index (χ1n) is 7.68. The molecule has 134 valence electrons. The van der Waals surface area contributed by atoms with Crippen LogP contribution < -0.4 is 5.32 Å².